The maximum Gasteiger partial charge on any atom is 0.155 e. The van der Waals surface area contributed by atoms with Crippen LogP contribution in [-0.2, 0) is 0 Å². The van der Waals surface area contributed by atoms with Crippen LogP contribution in [0.15, 0.2) is 18.5 Å². The molecule has 0 aliphatic carbocycles. The van der Waals surface area contributed by atoms with Crippen molar-refractivity contribution >= 4 is 5.65 Å². The second-order valence-electron chi connectivity index (χ2n) is 3.07. The zero-order valence-corrected chi connectivity index (χ0v) is 7.68. The molecule has 14 heavy (non-hydrogen) atoms. The fourth-order valence-corrected chi connectivity index (χ4v) is 1.37. The minimum absolute atomic E-state index is 0.601. The highest BCUT2D eigenvalue weighted by atomic mass is 15.3. The Morgan fingerprint density at radius 3 is 3.07 bits per heavy atom. The Hall–Kier alpha value is -1.93. The number of fused-ring (bicyclic) bond motifs is 1. The largest absolute Gasteiger partial charge is 0.312 e. The third kappa shape index (κ3) is 1.22. The normalized spacial score (nSPS) is 12.6. The summed E-state index contributed by atoms with van der Waals surface area (Å²) in [5.41, 5.74) is 8.00. The molecule has 0 spiro atoms. The lowest BCUT2D eigenvalue weighted by atomic mass is 10.1. The first-order chi connectivity index (χ1) is 6.72. The van der Waals surface area contributed by atoms with Gasteiger partial charge in [0.05, 0.1) is 6.07 Å². The first kappa shape index (κ1) is 8.66. The molecule has 0 saturated heterocycles. The molecule has 1 atom stereocenters. The molecular formula is C9H9N5. The fourth-order valence-electron chi connectivity index (χ4n) is 1.37. The van der Waals surface area contributed by atoms with Gasteiger partial charge in [-0.3, -0.25) is 0 Å². The van der Waals surface area contributed by atoms with Crippen molar-refractivity contribution in [1.29, 1.82) is 5.26 Å². The lowest BCUT2D eigenvalue weighted by Crippen LogP contribution is -2.08. The molecule has 2 rings (SSSR count). The summed E-state index contributed by atoms with van der Waals surface area (Å²) in [6.45, 7) is 1.90. The van der Waals surface area contributed by atoms with E-state index >= 15 is 0 Å². The highest BCUT2D eigenvalue weighted by Crippen LogP contribution is 2.13. The monoisotopic (exact) mass is 187 g/mol. The highest BCUT2D eigenvalue weighted by molar-refractivity contribution is 5.43. The van der Waals surface area contributed by atoms with Crippen molar-refractivity contribution < 1.29 is 0 Å². The molecule has 0 bridgehead atoms. The first-order valence-electron chi connectivity index (χ1n) is 4.18. The molecule has 2 aromatic heterocycles. The molecular weight excluding hydrogens is 178 g/mol. The van der Waals surface area contributed by atoms with Crippen LogP contribution in [0.2, 0.25) is 0 Å². The second kappa shape index (κ2) is 3.09. The van der Waals surface area contributed by atoms with Crippen molar-refractivity contribution in [3.05, 3.63) is 29.7 Å². The number of aryl methyl sites for hydroxylation is 1. The summed E-state index contributed by atoms with van der Waals surface area (Å²) in [5.74, 6) is 0. The number of hydrogen-bond donors (Lipinski definition) is 1. The number of pyridine rings is 1. The van der Waals surface area contributed by atoms with Crippen LogP contribution in [0, 0.1) is 18.3 Å². The van der Waals surface area contributed by atoms with Crippen LogP contribution in [0.4, 0.5) is 0 Å². The van der Waals surface area contributed by atoms with E-state index in [0.29, 0.717) is 5.65 Å². The summed E-state index contributed by atoms with van der Waals surface area (Å²) in [7, 11) is 0. The van der Waals surface area contributed by atoms with Crippen LogP contribution in [0.25, 0.3) is 5.65 Å². The molecule has 0 aliphatic rings. The van der Waals surface area contributed by atoms with Crippen molar-refractivity contribution in [2.45, 2.75) is 13.0 Å². The summed E-state index contributed by atoms with van der Waals surface area (Å²) in [6, 6.07) is 5.00. The average molecular weight is 187 g/mol. The van der Waals surface area contributed by atoms with E-state index in [1.54, 1.807) is 10.6 Å². The second-order valence-corrected chi connectivity index (χ2v) is 3.07. The molecule has 0 fully saturated rings. The van der Waals surface area contributed by atoms with Gasteiger partial charge in [0, 0.05) is 5.69 Å². The van der Waals surface area contributed by atoms with Crippen molar-refractivity contribution in [1.82, 2.24) is 14.6 Å². The van der Waals surface area contributed by atoms with Crippen LogP contribution in [0.1, 0.15) is 17.3 Å². The Balaban J connectivity index is 2.65. The number of rotatable bonds is 1. The van der Waals surface area contributed by atoms with Crippen LogP contribution >= 0.6 is 0 Å². The van der Waals surface area contributed by atoms with E-state index in [9.17, 15) is 0 Å². The van der Waals surface area contributed by atoms with Crippen LogP contribution < -0.4 is 5.73 Å². The summed E-state index contributed by atoms with van der Waals surface area (Å²) in [6.07, 6.45) is 1.48. The Kier molecular flexibility index (Phi) is 1.91. The Morgan fingerprint density at radius 1 is 1.57 bits per heavy atom. The van der Waals surface area contributed by atoms with Crippen LogP contribution in [0.3, 0.4) is 0 Å². The number of nitriles is 1. The third-order valence-corrected chi connectivity index (χ3v) is 2.08. The standard InChI is InChI=1S/C9H9N5/c1-6-2-7(8(11)4-10)3-9-12-5-13-14(6)9/h2-3,5,8H,11H2,1H3. The van der Waals surface area contributed by atoms with Gasteiger partial charge in [-0.25, -0.2) is 9.50 Å². The lowest BCUT2D eigenvalue weighted by molar-refractivity contribution is 0.876. The molecule has 0 aromatic carbocycles. The number of nitrogens with zero attached hydrogens (tertiary/aromatic N) is 4. The topological polar surface area (TPSA) is 80.0 Å². The summed E-state index contributed by atoms with van der Waals surface area (Å²) in [5, 5.41) is 12.7. The van der Waals surface area contributed by atoms with Gasteiger partial charge in [-0.15, -0.1) is 0 Å². The van der Waals surface area contributed by atoms with Gasteiger partial charge >= 0.3 is 0 Å². The molecule has 0 amide bonds. The molecule has 70 valence electrons. The van der Waals surface area contributed by atoms with E-state index in [1.165, 1.54) is 6.33 Å². The zero-order valence-electron chi connectivity index (χ0n) is 7.68. The van der Waals surface area contributed by atoms with Gasteiger partial charge in [0.2, 0.25) is 0 Å². The first-order valence-corrected chi connectivity index (χ1v) is 4.18. The Bertz CT molecular complexity index is 507. The predicted octanol–water partition coefficient (Wildman–Crippen LogP) is 0.561. The number of nitrogens with two attached hydrogens (primary N) is 1. The molecule has 0 aliphatic heterocycles. The highest BCUT2D eigenvalue weighted by Gasteiger charge is 2.08. The van der Waals surface area contributed by atoms with Gasteiger partial charge in [0.15, 0.2) is 5.65 Å². The predicted molar refractivity (Wildman–Crippen MR) is 50.3 cm³/mol. The van der Waals surface area contributed by atoms with Gasteiger partial charge in [-0.1, -0.05) is 0 Å². The smallest absolute Gasteiger partial charge is 0.155 e. The van der Waals surface area contributed by atoms with Crippen molar-refractivity contribution in [2.75, 3.05) is 0 Å². The van der Waals surface area contributed by atoms with Gasteiger partial charge in [-0.05, 0) is 24.6 Å². The van der Waals surface area contributed by atoms with E-state index in [1.807, 2.05) is 19.1 Å². The van der Waals surface area contributed by atoms with Gasteiger partial charge in [0.25, 0.3) is 0 Å². The lowest BCUT2D eigenvalue weighted by Gasteiger charge is -2.05. The number of aromatic nitrogens is 3. The van der Waals surface area contributed by atoms with E-state index in [0.717, 1.165) is 11.3 Å². The van der Waals surface area contributed by atoms with Gasteiger partial charge < -0.3 is 5.73 Å². The van der Waals surface area contributed by atoms with E-state index in [4.69, 9.17) is 11.0 Å². The van der Waals surface area contributed by atoms with Crippen molar-refractivity contribution in [3.8, 4) is 6.07 Å². The van der Waals surface area contributed by atoms with Crippen molar-refractivity contribution in [3.63, 3.8) is 0 Å². The molecule has 2 heterocycles. The zero-order chi connectivity index (χ0) is 10.1. The average Bonchev–Trinajstić information content (AvgIpc) is 2.64. The summed E-state index contributed by atoms with van der Waals surface area (Å²) < 4.78 is 1.70. The Morgan fingerprint density at radius 2 is 2.36 bits per heavy atom. The maximum atomic E-state index is 8.68. The minimum atomic E-state index is -0.601. The fraction of sp³-hybridized carbons (Fsp3) is 0.222. The molecule has 1 unspecified atom stereocenters. The molecule has 0 radical (unpaired) electrons. The van der Waals surface area contributed by atoms with E-state index < -0.39 is 6.04 Å². The van der Waals surface area contributed by atoms with Gasteiger partial charge in [-0.2, -0.15) is 10.4 Å². The molecule has 0 saturated carbocycles. The molecule has 2 N–H and O–H groups in total. The third-order valence-electron chi connectivity index (χ3n) is 2.08. The summed E-state index contributed by atoms with van der Waals surface area (Å²) in [4.78, 5) is 4.04. The van der Waals surface area contributed by atoms with Gasteiger partial charge in [0.1, 0.15) is 12.4 Å². The van der Waals surface area contributed by atoms with Crippen LogP contribution in [-0.4, -0.2) is 14.6 Å². The van der Waals surface area contributed by atoms with Crippen LogP contribution in [0.5, 0.6) is 0 Å². The molecule has 2 aromatic rings. The molecule has 5 heteroatoms. The van der Waals surface area contributed by atoms with E-state index in [2.05, 4.69) is 10.1 Å². The SMILES string of the molecule is Cc1cc(C(N)C#N)cc2ncnn12. The van der Waals surface area contributed by atoms with Crippen molar-refractivity contribution in [2.24, 2.45) is 5.73 Å². The molecule has 5 nitrogen and oxygen atoms in total. The quantitative estimate of drug-likeness (QED) is 0.707. The van der Waals surface area contributed by atoms with E-state index in [-0.39, 0.29) is 0 Å². The maximum absolute atomic E-state index is 8.68. The minimum Gasteiger partial charge on any atom is -0.312 e. The Labute approximate surface area is 80.8 Å². The summed E-state index contributed by atoms with van der Waals surface area (Å²) >= 11 is 0. The number of hydrogen-bond acceptors (Lipinski definition) is 4.